The Balaban J connectivity index is 2.77. The quantitative estimate of drug-likeness (QED) is 0.460. The van der Waals surface area contributed by atoms with Crippen molar-refractivity contribution in [3.05, 3.63) is 27.8 Å². The standard InChI is InChI=1S/C5H6N4O3/c6-4(10)5-7-1-3(8-5)2-9(11)12/h1H,2H2,(H2,6,10)(H,7,8). The first-order valence-electron chi connectivity index (χ1n) is 3.05. The number of primary amides is 1. The van der Waals surface area contributed by atoms with Crippen LogP contribution < -0.4 is 5.73 Å². The molecule has 0 aliphatic rings. The first kappa shape index (κ1) is 8.18. The Labute approximate surface area is 66.7 Å². The molecule has 64 valence electrons. The molecular formula is C5H6N4O3. The van der Waals surface area contributed by atoms with Crippen LogP contribution in [0.4, 0.5) is 0 Å². The molecule has 1 aromatic rings. The van der Waals surface area contributed by atoms with Gasteiger partial charge in [-0.1, -0.05) is 0 Å². The number of nitrogens with two attached hydrogens (primary N) is 1. The summed E-state index contributed by atoms with van der Waals surface area (Å²) in [4.78, 5) is 25.9. The zero-order valence-electron chi connectivity index (χ0n) is 5.98. The lowest BCUT2D eigenvalue weighted by molar-refractivity contribution is -0.497. The van der Waals surface area contributed by atoms with E-state index in [4.69, 9.17) is 5.73 Å². The van der Waals surface area contributed by atoms with E-state index in [9.17, 15) is 14.9 Å². The molecular weight excluding hydrogens is 164 g/mol. The fraction of sp³-hybridized carbons (Fsp3) is 0.200. The van der Waals surface area contributed by atoms with Gasteiger partial charge in [-0.05, 0) is 0 Å². The average molecular weight is 170 g/mol. The highest BCUT2D eigenvalue weighted by Crippen LogP contribution is 1.97. The van der Waals surface area contributed by atoms with E-state index in [1.54, 1.807) is 0 Å². The van der Waals surface area contributed by atoms with Gasteiger partial charge < -0.3 is 10.7 Å². The maximum Gasteiger partial charge on any atom is 0.284 e. The Hall–Kier alpha value is -1.92. The molecule has 0 unspecified atom stereocenters. The third kappa shape index (κ3) is 1.78. The number of rotatable bonds is 3. The first-order valence-corrected chi connectivity index (χ1v) is 3.05. The summed E-state index contributed by atoms with van der Waals surface area (Å²) in [5.41, 5.74) is 5.11. The molecule has 0 aliphatic carbocycles. The minimum absolute atomic E-state index is 0.0631. The molecule has 0 aliphatic heterocycles. The number of nitro groups is 1. The van der Waals surface area contributed by atoms with Gasteiger partial charge in [-0.3, -0.25) is 14.9 Å². The second-order valence-electron chi connectivity index (χ2n) is 2.11. The van der Waals surface area contributed by atoms with Crippen molar-refractivity contribution in [2.24, 2.45) is 5.73 Å². The van der Waals surface area contributed by atoms with Crippen LogP contribution in [-0.2, 0) is 6.54 Å². The van der Waals surface area contributed by atoms with Crippen molar-refractivity contribution < 1.29 is 9.72 Å². The average Bonchev–Trinajstić information content (AvgIpc) is 2.34. The molecule has 0 radical (unpaired) electrons. The lowest BCUT2D eigenvalue weighted by Crippen LogP contribution is -2.13. The van der Waals surface area contributed by atoms with Crippen LogP contribution in [0.5, 0.6) is 0 Å². The Morgan fingerprint density at radius 3 is 2.92 bits per heavy atom. The summed E-state index contributed by atoms with van der Waals surface area (Å²) < 4.78 is 0. The van der Waals surface area contributed by atoms with Gasteiger partial charge in [0.1, 0.15) is 5.69 Å². The number of H-pyrrole nitrogens is 1. The number of carbonyl (C=O) groups is 1. The third-order valence-electron chi connectivity index (χ3n) is 1.16. The van der Waals surface area contributed by atoms with Gasteiger partial charge in [-0.15, -0.1) is 0 Å². The van der Waals surface area contributed by atoms with Gasteiger partial charge in [0.2, 0.25) is 6.54 Å². The molecule has 1 aromatic heterocycles. The van der Waals surface area contributed by atoms with Gasteiger partial charge in [0.25, 0.3) is 5.91 Å². The molecule has 3 N–H and O–H groups in total. The zero-order chi connectivity index (χ0) is 9.14. The van der Waals surface area contributed by atoms with Crippen molar-refractivity contribution in [3.8, 4) is 0 Å². The van der Waals surface area contributed by atoms with Gasteiger partial charge in [-0.25, -0.2) is 4.98 Å². The highest BCUT2D eigenvalue weighted by atomic mass is 16.6. The SMILES string of the molecule is NC(=O)c1ncc(C[N+](=O)[O-])[nH]1. The van der Waals surface area contributed by atoms with E-state index in [0.717, 1.165) is 0 Å². The number of nitrogens with zero attached hydrogens (tertiary/aromatic N) is 2. The molecule has 1 heterocycles. The number of hydrogen-bond donors (Lipinski definition) is 2. The summed E-state index contributed by atoms with van der Waals surface area (Å²) in [5, 5.41) is 9.99. The summed E-state index contributed by atoms with van der Waals surface area (Å²) in [7, 11) is 0. The second kappa shape index (κ2) is 2.99. The van der Waals surface area contributed by atoms with Crippen LogP contribution in [0.1, 0.15) is 16.3 Å². The van der Waals surface area contributed by atoms with Crippen LogP contribution >= 0.6 is 0 Å². The van der Waals surface area contributed by atoms with Crippen molar-refractivity contribution in [2.75, 3.05) is 0 Å². The fourth-order valence-corrected chi connectivity index (χ4v) is 0.704. The number of aromatic nitrogens is 2. The van der Waals surface area contributed by atoms with Crippen LogP contribution in [0.15, 0.2) is 6.20 Å². The van der Waals surface area contributed by atoms with E-state index < -0.39 is 10.8 Å². The molecule has 7 nitrogen and oxygen atoms in total. The number of aromatic amines is 1. The number of nitrogens with one attached hydrogen (secondary N) is 1. The predicted octanol–water partition coefficient (Wildman–Crippen LogP) is -0.715. The maximum atomic E-state index is 10.5. The van der Waals surface area contributed by atoms with Crippen molar-refractivity contribution in [1.82, 2.24) is 9.97 Å². The van der Waals surface area contributed by atoms with E-state index in [1.165, 1.54) is 6.20 Å². The molecule has 0 aromatic carbocycles. The topological polar surface area (TPSA) is 115 Å². The van der Waals surface area contributed by atoms with Gasteiger partial charge in [0, 0.05) is 4.92 Å². The summed E-state index contributed by atoms with van der Waals surface area (Å²) in [6.07, 6.45) is 1.21. The molecule has 12 heavy (non-hydrogen) atoms. The van der Waals surface area contributed by atoms with E-state index in [2.05, 4.69) is 9.97 Å². The molecule has 0 fully saturated rings. The summed E-state index contributed by atoms with van der Waals surface area (Å²) in [6, 6.07) is 0. The lowest BCUT2D eigenvalue weighted by atomic mass is 10.5. The van der Waals surface area contributed by atoms with E-state index in [-0.39, 0.29) is 18.1 Å². The highest BCUT2D eigenvalue weighted by Gasteiger charge is 2.08. The zero-order valence-corrected chi connectivity index (χ0v) is 5.98. The van der Waals surface area contributed by atoms with Gasteiger partial charge in [0.15, 0.2) is 5.82 Å². The van der Waals surface area contributed by atoms with E-state index in [0.29, 0.717) is 0 Å². The maximum absolute atomic E-state index is 10.5. The Kier molecular flexibility index (Phi) is 2.04. The number of imidazole rings is 1. The van der Waals surface area contributed by atoms with Gasteiger partial charge in [0.05, 0.1) is 6.20 Å². The molecule has 0 bridgehead atoms. The number of amides is 1. The van der Waals surface area contributed by atoms with E-state index in [1.807, 2.05) is 0 Å². The van der Waals surface area contributed by atoms with Crippen molar-refractivity contribution in [2.45, 2.75) is 6.54 Å². The van der Waals surface area contributed by atoms with E-state index >= 15 is 0 Å². The minimum atomic E-state index is -0.732. The van der Waals surface area contributed by atoms with Gasteiger partial charge in [-0.2, -0.15) is 0 Å². The predicted molar refractivity (Wildman–Crippen MR) is 37.8 cm³/mol. The van der Waals surface area contributed by atoms with Crippen LogP contribution in [0.3, 0.4) is 0 Å². The Bertz CT molecular complexity index is 318. The molecule has 7 heteroatoms. The Morgan fingerprint density at radius 2 is 2.50 bits per heavy atom. The van der Waals surface area contributed by atoms with Crippen molar-refractivity contribution in [3.63, 3.8) is 0 Å². The summed E-state index contributed by atoms with van der Waals surface area (Å²) in [6.45, 7) is -0.389. The largest absolute Gasteiger partial charge is 0.363 e. The summed E-state index contributed by atoms with van der Waals surface area (Å²) >= 11 is 0. The molecule has 0 spiro atoms. The Morgan fingerprint density at radius 1 is 1.83 bits per heavy atom. The number of hydrogen-bond acceptors (Lipinski definition) is 4. The van der Waals surface area contributed by atoms with Crippen LogP contribution in [0.25, 0.3) is 0 Å². The second-order valence-corrected chi connectivity index (χ2v) is 2.11. The lowest BCUT2D eigenvalue weighted by Gasteiger charge is -1.87. The molecule has 0 saturated heterocycles. The minimum Gasteiger partial charge on any atom is -0.363 e. The van der Waals surface area contributed by atoms with Crippen molar-refractivity contribution in [1.29, 1.82) is 0 Å². The first-order chi connectivity index (χ1) is 5.59. The van der Waals surface area contributed by atoms with Crippen LogP contribution in [-0.4, -0.2) is 20.8 Å². The van der Waals surface area contributed by atoms with Gasteiger partial charge >= 0.3 is 0 Å². The summed E-state index contributed by atoms with van der Waals surface area (Å²) in [5.74, 6) is -0.795. The highest BCUT2D eigenvalue weighted by molar-refractivity contribution is 5.88. The normalized spacial score (nSPS) is 9.67. The van der Waals surface area contributed by atoms with Crippen LogP contribution in [0, 0.1) is 10.1 Å². The molecule has 1 rings (SSSR count). The molecule has 0 atom stereocenters. The molecule has 0 saturated carbocycles. The third-order valence-corrected chi connectivity index (χ3v) is 1.16. The fourth-order valence-electron chi connectivity index (χ4n) is 0.704. The smallest absolute Gasteiger partial charge is 0.284 e. The molecule has 1 amide bonds. The van der Waals surface area contributed by atoms with Crippen molar-refractivity contribution >= 4 is 5.91 Å². The van der Waals surface area contributed by atoms with Crippen LogP contribution in [0.2, 0.25) is 0 Å². The monoisotopic (exact) mass is 170 g/mol. The number of carbonyl (C=O) groups excluding carboxylic acids is 1.